The molecule has 0 bridgehead atoms. The summed E-state index contributed by atoms with van der Waals surface area (Å²) < 4.78 is 29.8. The van der Waals surface area contributed by atoms with Crippen molar-refractivity contribution in [3.8, 4) is 5.75 Å². The average Bonchev–Trinajstić information content (AvgIpc) is 2.36. The number of sulfonamides is 1. The van der Waals surface area contributed by atoms with Crippen LogP contribution in [0.15, 0.2) is 17.0 Å². The molecule has 0 amide bonds. The molecular formula is C10H12N2O7S. The van der Waals surface area contributed by atoms with Crippen molar-refractivity contribution in [2.75, 3.05) is 21.2 Å². The molecule has 0 heterocycles. The topological polar surface area (TPSA) is 127 Å². The predicted molar refractivity (Wildman–Crippen MR) is 67.5 cm³/mol. The highest BCUT2D eigenvalue weighted by Gasteiger charge is 2.31. The number of hydrogen-bond acceptors (Lipinski definition) is 6. The number of carbonyl (C=O) groups is 1. The molecule has 0 atom stereocenters. The first kappa shape index (κ1) is 15.9. The number of methoxy groups -OCH3 is 1. The molecular weight excluding hydrogens is 292 g/mol. The second-order valence-corrected chi connectivity index (χ2v) is 6.00. The number of hydrogen-bond donors (Lipinski definition) is 1. The SMILES string of the molecule is COc1c([N+](=O)[O-])cc(C(=O)O)cc1S(=O)(=O)N(C)C. The molecule has 1 N–H and O–H groups in total. The first-order valence-electron chi connectivity index (χ1n) is 5.15. The number of carboxylic acids is 1. The van der Waals surface area contributed by atoms with Crippen LogP contribution in [0, 0.1) is 10.1 Å². The van der Waals surface area contributed by atoms with Gasteiger partial charge in [0.15, 0.2) is 0 Å². The maximum absolute atomic E-state index is 12.1. The highest BCUT2D eigenvalue weighted by Crippen LogP contribution is 2.36. The number of rotatable bonds is 5. The number of carboxylic acid groups (broad SMARTS) is 1. The van der Waals surface area contributed by atoms with E-state index in [-0.39, 0.29) is 0 Å². The van der Waals surface area contributed by atoms with Gasteiger partial charge in [0, 0.05) is 20.2 Å². The van der Waals surface area contributed by atoms with E-state index in [4.69, 9.17) is 9.84 Å². The number of nitro groups is 1. The second-order valence-electron chi connectivity index (χ2n) is 3.88. The maximum atomic E-state index is 12.1. The van der Waals surface area contributed by atoms with Gasteiger partial charge in [-0.1, -0.05) is 0 Å². The third-order valence-corrected chi connectivity index (χ3v) is 4.26. The van der Waals surface area contributed by atoms with E-state index in [0.29, 0.717) is 0 Å². The fourth-order valence-electron chi connectivity index (χ4n) is 1.44. The van der Waals surface area contributed by atoms with Gasteiger partial charge in [0.25, 0.3) is 0 Å². The Kier molecular flexibility index (Phi) is 4.30. The minimum absolute atomic E-state index is 0.506. The van der Waals surface area contributed by atoms with Crippen LogP contribution in [-0.4, -0.2) is 49.9 Å². The molecule has 1 aromatic rings. The Labute approximate surface area is 114 Å². The van der Waals surface area contributed by atoms with Crippen LogP contribution in [0.1, 0.15) is 10.4 Å². The van der Waals surface area contributed by atoms with Crippen molar-refractivity contribution in [3.63, 3.8) is 0 Å². The number of nitro benzene ring substituents is 1. The lowest BCUT2D eigenvalue weighted by Gasteiger charge is -2.15. The molecule has 0 saturated carbocycles. The van der Waals surface area contributed by atoms with Gasteiger partial charge >= 0.3 is 11.7 Å². The molecule has 0 fully saturated rings. The molecule has 1 aromatic carbocycles. The number of ether oxygens (including phenoxy) is 1. The van der Waals surface area contributed by atoms with E-state index in [1.165, 1.54) is 14.1 Å². The molecule has 0 saturated heterocycles. The standard InChI is InChI=1S/C10H12N2O7S/c1-11(2)20(17,18)8-5-6(10(13)14)4-7(12(15)16)9(8)19-3/h4-5H,1-3H3,(H,13,14). The molecule has 0 aliphatic rings. The van der Waals surface area contributed by atoms with Crippen LogP contribution in [0.4, 0.5) is 5.69 Å². The van der Waals surface area contributed by atoms with Gasteiger partial charge in [-0.25, -0.2) is 17.5 Å². The summed E-state index contributed by atoms with van der Waals surface area (Å²) in [6.45, 7) is 0. The second kappa shape index (κ2) is 5.43. The molecule has 0 aromatic heterocycles. The lowest BCUT2D eigenvalue weighted by atomic mass is 10.2. The zero-order valence-electron chi connectivity index (χ0n) is 10.9. The van der Waals surface area contributed by atoms with Gasteiger partial charge in [-0.05, 0) is 6.07 Å². The molecule has 110 valence electrons. The molecule has 20 heavy (non-hydrogen) atoms. The van der Waals surface area contributed by atoms with Gasteiger partial charge in [-0.2, -0.15) is 0 Å². The van der Waals surface area contributed by atoms with E-state index >= 15 is 0 Å². The third-order valence-electron chi connectivity index (χ3n) is 2.44. The van der Waals surface area contributed by atoms with Crippen molar-refractivity contribution < 1.29 is 28.0 Å². The summed E-state index contributed by atoms with van der Waals surface area (Å²) in [6, 6.07) is 1.57. The van der Waals surface area contributed by atoms with Crippen molar-refractivity contribution in [1.29, 1.82) is 0 Å². The first-order valence-corrected chi connectivity index (χ1v) is 6.59. The van der Waals surface area contributed by atoms with E-state index < -0.39 is 42.8 Å². The zero-order chi connectivity index (χ0) is 15.7. The van der Waals surface area contributed by atoms with E-state index in [2.05, 4.69) is 0 Å². The molecule has 0 spiro atoms. The van der Waals surface area contributed by atoms with Crippen LogP contribution in [0.5, 0.6) is 5.75 Å². The Bertz CT molecular complexity index is 666. The minimum atomic E-state index is -4.09. The Morgan fingerprint density at radius 2 is 1.95 bits per heavy atom. The molecule has 0 unspecified atom stereocenters. The highest BCUT2D eigenvalue weighted by molar-refractivity contribution is 7.89. The maximum Gasteiger partial charge on any atom is 0.335 e. The number of benzene rings is 1. The van der Waals surface area contributed by atoms with Gasteiger partial charge in [0.2, 0.25) is 15.8 Å². The summed E-state index contributed by atoms with van der Waals surface area (Å²) in [5.41, 5.74) is -1.24. The molecule has 0 aliphatic carbocycles. The van der Waals surface area contributed by atoms with E-state index in [1.807, 2.05) is 0 Å². The zero-order valence-corrected chi connectivity index (χ0v) is 11.7. The van der Waals surface area contributed by atoms with Crippen LogP contribution in [0.2, 0.25) is 0 Å². The smallest absolute Gasteiger partial charge is 0.335 e. The Hall–Kier alpha value is -2.20. The molecule has 0 radical (unpaired) electrons. The van der Waals surface area contributed by atoms with Crippen LogP contribution in [0.25, 0.3) is 0 Å². The first-order chi connectivity index (χ1) is 9.12. The lowest BCUT2D eigenvalue weighted by Crippen LogP contribution is -2.23. The van der Waals surface area contributed by atoms with Gasteiger partial charge in [-0.3, -0.25) is 10.1 Å². The monoisotopic (exact) mass is 304 g/mol. The van der Waals surface area contributed by atoms with Crippen LogP contribution in [0.3, 0.4) is 0 Å². The van der Waals surface area contributed by atoms with Crippen molar-refractivity contribution in [3.05, 3.63) is 27.8 Å². The Morgan fingerprint density at radius 3 is 2.30 bits per heavy atom. The normalized spacial score (nSPS) is 11.4. The Morgan fingerprint density at radius 1 is 1.40 bits per heavy atom. The third kappa shape index (κ3) is 2.70. The molecule has 1 rings (SSSR count). The Balaban J connectivity index is 3.82. The average molecular weight is 304 g/mol. The largest absolute Gasteiger partial charge is 0.489 e. The number of aromatic carboxylic acids is 1. The molecule has 10 heteroatoms. The van der Waals surface area contributed by atoms with Gasteiger partial charge < -0.3 is 9.84 Å². The van der Waals surface area contributed by atoms with Crippen LogP contribution < -0.4 is 4.74 Å². The van der Waals surface area contributed by atoms with Gasteiger partial charge in [0.1, 0.15) is 4.90 Å². The van der Waals surface area contributed by atoms with E-state index in [1.54, 1.807) is 0 Å². The summed E-state index contributed by atoms with van der Waals surface area (Å²) in [5.74, 6) is -1.99. The van der Waals surface area contributed by atoms with E-state index in [0.717, 1.165) is 23.5 Å². The molecule has 0 aliphatic heterocycles. The van der Waals surface area contributed by atoms with Crippen molar-refractivity contribution >= 4 is 21.7 Å². The number of nitrogens with zero attached hydrogens (tertiary/aromatic N) is 2. The quantitative estimate of drug-likeness (QED) is 0.621. The summed E-state index contributed by atoms with van der Waals surface area (Å²) in [6.07, 6.45) is 0. The minimum Gasteiger partial charge on any atom is -0.489 e. The van der Waals surface area contributed by atoms with E-state index in [9.17, 15) is 23.3 Å². The van der Waals surface area contributed by atoms with Crippen LogP contribution in [-0.2, 0) is 10.0 Å². The van der Waals surface area contributed by atoms with Crippen molar-refractivity contribution in [1.82, 2.24) is 4.31 Å². The summed E-state index contributed by atoms with van der Waals surface area (Å²) >= 11 is 0. The summed E-state index contributed by atoms with van der Waals surface area (Å²) in [5, 5.41) is 19.8. The summed E-state index contributed by atoms with van der Waals surface area (Å²) in [7, 11) is -0.592. The van der Waals surface area contributed by atoms with Gasteiger partial charge in [-0.15, -0.1) is 0 Å². The predicted octanol–water partition coefficient (Wildman–Crippen LogP) is 0.552. The van der Waals surface area contributed by atoms with Crippen LogP contribution >= 0.6 is 0 Å². The van der Waals surface area contributed by atoms with Crippen molar-refractivity contribution in [2.24, 2.45) is 0 Å². The highest BCUT2D eigenvalue weighted by atomic mass is 32.2. The fraction of sp³-hybridized carbons (Fsp3) is 0.300. The lowest BCUT2D eigenvalue weighted by molar-refractivity contribution is -0.386. The fourth-order valence-corrected chi connectivity index (χ4v) is 2.53. The summed E-state index contributed by atoms with van der Waals surface area (Å²) in [4.78, 5) is 20.4. The molecule has 9 nitrogen and oxygen atoms in total. The van der Waals surface area contributed by atoms with Crippen molar-refractivity contribution in [2.45, 2.75) is 4.90 Å². The van der Waals surface area contributed by atoms with Gasteiger partial charge in [0.05, 0.1) is 17.6 Å².